The second-order valence-corrected chi connectivity index (χ2v) is 4.81. The number of hydrogen-bond acceptors (Lipinski definition) is 4. The zero-order chi connectivity index (χ0) is 11.5. The second-order valence-electron chi connectivity index (χ2n) is 4.81. The van der Waals surface area contributed by atoms with E-state index in [-0.39, 0.29) is 11.8 Å². The van der Waals surface area contributed by atoms with Gasteiger partial charge in [0.05, 0.1) is 12.7 Å². The lowest BCUT2D eigenvalue weighted by Gasteiger charge is -2.38. The van der Waals surface area contributed by atoms with Crippen LogP contribution in [0.3, 0.4) is 0 Å². The van der Waals surface area contributed by atoms with Gasteiger partial charge in [0.2, 0.25) is 5.91 Å². The molecule has 92 valence electrons. The molecule has 0 aromatic rings. The van der Waals surface area contributed by atoms with Crippen LogP contribution in [0.1, 0.15) is 26.2 Å². The number of morpholine rings is 1. The molecule has 3 unspecified atom stereocenters. The van der Waals surface area contributed by atoms with E-state index in [1.807, 2.05) is 6.92 Å². The summed E-state index contributed by atoms with van der Waals surface area (Å²) in [5, 5.41) is 0. The standard InChI is InChI=1S/C11H21N3O2/c1-8(11(15)13-12)7-14-5-6-16-10-4-2-3-9(10)14/h8-10H,2-7,12H2,1H3,(H,13,15). The van der Waals surface area contributed by atoms with Crippen LogP contribution in [-0.4, -0.2) is 42.6 Å². The molecule has 0 radical (unpaired) electrons. The maximum Gasteiger partial charge on any atom is 0.237 e. The minimum absolute atomic E-state index is 0.0515. The van der Waals surface area contributed by atoms with Gasteiger partial charge in [0.15, 0.2) is 0 Å². The molecule has 1 saturated carbocycles. The van der Waals surface area contributed by atoms with E-state index in [0.29, 0.717) is 12.1 Å². The molecular formula is C11H21N3O2. The number of amides is 1. The molecule has 2 aliphatic rings. The first kappa shape index (κ1) is 11.8. The van der Waals surface area contributed by atoms with E-state index in [4.69, 9.17) is 10.6 Å². The van der Waals surface area contributed by atoms with Crippen LogP contribution in [0.15, 0.2) is 0 Å². The number of carbonyl (C=O) groups excluding carboxylic acids is 1. The second kappa shape index (κ2) is 5.12. The van der Waals surface area contributed by atoms with E-state index in [2.05, 4.69) is 10.3 Å². The summed E-state index contributed by atoms with van der Waals surface area (Å²) in [4.78, 5) is 13.8. The van der Waals surface area contributed by atoms with Crippen molar-refractivity contribution in [2.75, 3.05) is 19.7 Å². The fourth-order valence-corrected chi connectivity index (χ4v) is 2.81. The Morgan fingerprint density at radius 2 is 2.44 bits per heavy atom. The number of nitrogens with two attached hydrogens (primary N) is 1. The van der Waals surface area contributed by atoms with Crippen LogP contribution in [0.4, 0.5) is 0 Å². The quantitative estimate of drug-likeness (QED) is 0.400. The van der Waals surface area contributed by atoms with E-state index in [1.54, 1.807) is 0 Å². The summed E-state index contributed by atoms with van der Waals surface area (Å²) < 4.78 is 5.73. The molecule has 0 aromatic carbocycles. The summed E-state index contributed by atoms with van der Waals surface area (Å²) in [6, 6.07) is 0.516. The summed E-state index contributed by atoms with van der Waals surface area (Å²) in [6.45, 7) is 4.43. The molecule has 1 heterocycles. The lowest BCUT2D eigenvalue weighted by molar-refractivity contribution is -0.126. The number of ether oxygens (including phenoxy) is 1. The van der Waals surface area contributed by atoms with Crippen molar-refractivity contribution >= 4 is 5.91 Å². The van der Waals surface area contributed by atoms with Crippen LogP contribution in [0, 0.1) is 5.92 Å². The average molecular weight is 227 g/mol. The highest BCUT2D eigenvalue weighted by atomic mass is 16.5. The number of hydrazine groups is 1. The zero-order valence-corrected chi connectivity index (χ0v) is 9.82. The average Bonchev–Trinajstić information content (AvgIpc) is 2.77. The minimum Gasteiger partial charge on any atom is -0.375 e. The summed E-state index contributed by atoms with van der Waals surface area (Å²) >= 11 is 0. The molecule has 2 rings (SSSR count). The van der Waals surface area contributed by atoms with Crippen molar-refractivity contribution < 1.29 is 9.53 Å². The van der Waals surface area contributed by atoms with Gasteiger partial charge < -0.3 is 4.74 Å². The highest BCUT2D eigenvalue weighted by molar-refractivity contribution is 5.77. The summed E-state index contributed by atoms with van der Waals surface area (Å²) in [6.07, 6.45) is 3.99. The molecule has 0 bridgehead atoms. The predicted molar refractivity (Wildman–Crippen MR) is 60.4 cm³/mol. The molecule has 1 saturated heterocycles. The lowest BCUT2D eigenvalue weighted by Crippen LogP contribution is -2.51. The first-order chi connectivity index (χ1) is 7.72. The molecule has 16 heavy (non-hydrogen) atoms. The van der Waals surface area contributed by atoms with Gasteiger partial charge in [-0.05, 0) is 19.3 Å². The topological polar surface area (TPSA) is 67.6 Å². The summed E-state index contributed by atoms with van der Waals surface area (Å²) in [5.74, 6) is 5.01. The van der Waals surface area contributed by atoms with Gasteiger partial charge in [-0.2, -0.15) is 0 Å². The minimum atomic E-state index is -0.0824. The third kappa shape index (κ3) is 2.36. The molecule has 3 N–H and O–H groups in total. The van der Waals surface area contributed by atoms with Gasteiger partial charge in [-0.3, -0.25) is 15.1 Å². The molecule has 1 amide bonds. The van der Waals surface area contributed by atoms with Crippen LogP contribution in [0.5, 0.6) is 0 Å². The third-order valence-corrected chi connectivity index (χ3v) is 3.70. The van der Waals surface area contributed by atoms with Crippen LogP contribution >= 0.6 is 0 Å². The smallest absolute Gasteiger partial charge is 0.237 e. The van der Waals surface area contributed by atoms with Crippen molar-refractivity contribution in [1.29, 1.82) is 0 Å². The van der Waals surface area contributed by atoms with Crippen molar-refractivity contribution in [2.24, 2.45) is 11.8 Å². The predicted octanol–water partition coefficient (Wildman–Crippen LogP) is -0.134. The van der Waals surface area contributed by atoms with E-state index in [0.717, 1.165) is 19.7 Å². The number of rotatable bonds is 3. The van der Waals surface area contributed by atoms with Gasteiger partial charge in [0.25, 0.3) is 0 Å². The maximum absolute atomic E-state index is 11.4. The van der Waals surface area contributed by atoms with Crippen molar-refractivity contribution in [1.82, 2.24) is 10.3 Å². The number of carbonyl (C=O) groups is 1. The molecule has 2 fully saturated rings. The molecule has 1 aliphatic heterocycles. The number of hydrogen-bond donors (Lipinski definition) is 2. The molecular weight excluding hydrogens is 206 g/mol. The van der Waals surface area contributed by atoms with E-state index in [1.165, 1.54) is 19.3 Å². The Morgan fingerprint density at radius 3 is 3.19 bits per heavy atom. The van der Waals surface area contributed by atoms with Gasteiger partial charge in [-0.15, -0.1) is 0 Å². The van der Waals surface area contributed by atoms with Gasteiger partial charge >= 0.3 is 0 Å². The van der Waals surface area contributed by atoms with E-state index >= 15 is 0 Å². The largest absolute Gasteiger partial charge is 0.375 e. The lowest BCUT2D eigenvalue weighted by atomic mass is 10.1. The maximum atomic E-state index is 11.4. The fourth-order valence-electron chi connectivity index (χ4n) is 2.81. The number of nitrogens with zero attached hydrogens (tertiary/aromatic N) is 1. The highest BCUT2D eigenvalue weighted by Crippen LogP contribution is 2.29. The van der Waals surface area contributed by atoms with Crippen molar-refractivity contribution in [2.45, 2.75) is 38.3 Å². The number of nitrogens with one attached hydrogen (secondary N) is 1. The van der Waals surface area contributed by atoms with Gasteiger partial charge in [0, 0.05) is 25.0 Å². The van der Waals surface area contributed by atoms with Crippen LogP contribution in [0.25, 0.3) is 0 Å². The Balaban J connectivity index is 1.90. The van der Waals surface area contributed by atoms with Crippen LogP contribution in [-0.2, 0) is 9.53 Å². The first-order valence-corrected chi connectivity index (χ1v) is 6.08. The molecule has 0 spiro atoms. The highest BCUT2D eigenvalue weighted by Gasteiger charge is 2.36. The van der Waals surface area contributed by atoms with Gasteiger partial charge in [0.1, 0.15) is 0 Å². The van der Waals surface area contributed by atoms with Gasteiger partial charge in [-0.1, -0.05) is 6.92 Å². The van der Waals surface area contributed by atoms with Crippen LogP contribution < -0.4 is 11.3 Å². The van der Waals surface area contributed by atoms with Crippen molar-refractivity contribution in [3.63, 3.8) is 0 Å². The van der Waals surface area contributed by atoms with Crippen molar-refractivity contribution in [3.8, 4) is 0 Å². The van der Waals surface area contributed by atoms with E-state index < -0.39 is 0 Å². The molecule has 0 aromatic heterocycles. The van der Waals surface area contributed by atoms with Gasteiger partial charge in [-0.25, -0.2) is 5.84 Å². The molecule has 5 nitrogen and oxygen atoms in total. The Bertz CT molecular complexity index is 260. The van der Waals surface area contributed by atoms with Crippen LogP contribution in [0.2, 0.25) is 0 Å². The first-order valence-electron chi connectivity index (χ1n) is 6.08. The SMILES string of the molecule is CC(CN1CCOC2CCCC21)C(=O)NN. The normalized spacial score (nSPS) is 32.1. The Hall–Kier alpha value is -0.650. The zero-order valence-electron chi connectivity index (χ0n) is 9.82. The molecule has 1 aliphatic carbocycles. The monoisotopic (exact) mass is 227 g/mol. The summed E-state index contributed by atoms with van der Waals surface area (Å²) in [7, 11) is 0. The number of fused-ring (bicyclic) bond motifs is 1. The summed E-state index contributed by atoms with van der Waals surface area (Å²) in [5.41, 5.74) is 2.22. The Morgan fingerprint density at radius 1 is 1.62 bits per heavy atom. The van der Waals surface area contributed by atoms with Crippen molar-refractivity contribution in [3.05, 3.63) is 0 Å². The Labute approximate surface area is 96.3 Å². The van der Waals surface area contributed by atoms with E-state index in [9.17, 15) is 4.79 Å². The Kier molecular flexibility index (Phi) is 3.78. The fraction of sp³-hybridized carbons (Fsp3) is 0.909. The molecule has 3 atom stereocenters. The molecule has 5 heteroatoms. The third-order valence-electron chi connectivity index (χ3n) is 3.70.